The fourth-order valence-electron chi connectivity index (χ4n) is 6.76. The van der Waals surface area contributed by atoms with E-state index in [4.69, 9.17) is 23.7 Å². The van der Waals surface area contributed by atoms with Crippen molar-refractivity contribution in [2.45, 2.75) is 63.1 Å². The number of rotatable bonds is 16. The molecule has 0 bridgehead atoms. The Kier molecular flexibility index (Phi) is 16.5. The molecule has 1 fully saturated rings. The summed E-state index contributed by atoms with van der Waals surface area (Å²) < 4.78 is 33.6. The van der Waals surface area contributed by atoms with Gasteiger partial charge in [-0.3, -0.25) is 0 Å². The third kappa shape index (κ3) is 11.6. The number of benzene rings is 6. The normalized spacial score (nSPS) is 20.5. The van der Waals surface area contributed by atoms with Crippen LogP contribution >= 0.6 is 0 Å². The number of hydrogen-bond acceptors (Lipinski definition) is 6. The van der Waals surface area contributed by atoms with Crippen LogP contribution in [0, 0.1) is 13.5 Å². The van der Waals surface area contributed by atoms with Crippen LogP contribution in [0.2, 0.25) is 0 Å². The van der Waals surface area contributed by atoms with E-state index in [1.165, 1.54) is 0 Å². The van der Waals surface area contributed by atoms with Crippen LogP contribution in [0.5, 0.6) is 0 Å². The smallest absolute Gasteiger partial charge is 0.222 e. The molecule has 2 unspecified atom stereocenters. The maximum atomic E-state index is 13.1. The van der Waals surface area contributed by atoms with Crippen LogP contribution in [0.3, 0.4) is 0 Å². The Morgan fingerprint density at radius 1 is 0.527 bits per heavy atom. The van der Waals surface area contributed by atoms with E-state index in [0.717, 1.165) is 33.4 Å². The molecule has 5 atom stereocenters. The number of hydrogen-bond donors (Lipinski definition) is 1. The van der Waals surface area contributed by atoms with Gasteiger partial charge in [0.15, 0.2) is 0 Å². The summed E-state index contributed by atoms with van der Waals surface area (Å²) in [5.41, 5.74) is 6.72. The minimum absolute atomic E-state index is 0. The zero-order chi connectivity index (χ0) is 36.1. The first-order chi connectivity index (χ1) is 26.1. The van der Waals surface area contributed by atoms with Gasteiger partial charge in [-0.2, -0.15) is 35.9 Å². The summed E-state index contributed by atoms with van der Waals surface area (Å²) in [6.07, 6.45) is -2.47. The third-order valence-corrected chi connectivity index (χ3v) is 9.48. The summed E-state index contributed by atoms with van der Waals surface area (Å²) in [4.78, 5) is 0. The van der Waals surface area contributed by atoms with Crippen molar-refractivity contribution in [1.29, 1.82) is 0 Å². The van der Waals surface area contributed by atoms with Gasteiger partial charge in [-0.15, -0.1) is 0 Å². The predicted molar refractivity (Wildman–Crippen MR) is 211 cm³/mol. The predicted octanol–water partition coefficient (Wildman–Crippen LogP) is 9.04. The SMILES string of the molecule is OC1(c2cccc(Cc3cc[c-]cc3)c2)O[C@H](COCc2ccccc2)C(OCc2ccccc2)[C@H](OCc2ccccc2)[C@H]1OCc1ccccc1.[CH3-].[Y]. The van der Waals surface area contributed by atoms with Gasteiger partial charge in [-0.05, 0) is 34.2 Å². The monoisotopic (exact) mass is 809 g/mol. The van der Waals surface area contributed by atoms with Crippen molar-refractivity contribution in [3.05, 3.63) is 222 Å². The van der Waals surface area contributed by atoms with Crippen LogP contribution in [-0.2, 0) is 95.0 Å². The molecule has 1 saturated heterocycles. The molecule has 6 nitrogen and oxygen atoms in total. The van der Waals surface area contributed by atoms with E-state index in [0.29, 0.717) is 25.2 Å². The molecule has 1 aliphatic rings. The van der Waals surface area contributed by atoms with E-state index in [-0.39, 0.29) is 60.0 Å². The minimum atomic E-state index is -1.93. The van der Waals surface area contributed by atoms with Crippen LogP contribution in [0.15, 0.2) is 170 Å². The van der Waals surface area contributed by atoms with Crippen molar-refractivity contribution in [1.82, 2.24) is 0 Å². The quantitative estimate of drug-likeness (QED) is 0.0986. The number of aliphatic hydroxyl groups is 1. The van der Waals surface area contributed by atoms with Crippen molar-refractivity contribution in [2.24, 2.45) is 0 Å². The van der Waals surface area contributed by atoms with Gasteiger partial charge in [0, 0.05) is 38.3 Å². The van der Waals surface area contributed by atoms with Crippen molar-refractivity contribution >= 4 is 0 Å². The van der Waals surface area contributed by atoms with Gasteiger partial charge in [0.2, 0.25) is 5.79 Å². The van der Waals surface area contributed by atoms with Crippen molar-refractivity contribution in [3.8, 4) is 0 Å². The van der Waals surface area contributed by atoms with Gasteiger partial charge in [-0.25, -0.2) is 0 Å². The number of ether oxygens (including phenoxy) is 5. The molecule has 7 rings (SSSR count). The van der Waals surface area contributed by atoms with E-state index in [2.05, 4.69) is 12.1 Å². The summed E-state index contributed by atoms with van der Waals surface area (Å²) >= 11 is 0. The zero-order valence-corrected chi connectivity index (χ0v) is 34.1. The first-order valence-electron chi connectivity index (χ1n) is 18.2. The molecule has 7 heteroatoms. The van der Waals surface area contributed by atoms with Gasteiger partial charge in [-0.1, -0.05) is 146 Å². The van der Waals surface area contributed by atoms with E-state index in [9.17, 15) is 5.11 Å². The van der Waals surface area contributed by atoms with Crippen molar-refractivity contribution < 1.29 is 61.5 Å². The fourth-order valence-corrected chi connectivity index (χ4v) is 6.76. The van der Waals surface area contributed by atoms with E-state index in [1.54, 1.807) is 0 Å². The maximum absolute atomic E-state index is 13.1. The standard InChI is InChI=1S/C47H45O6.CH3.Y/c48-47(42-28-16-27-41(30-42)29-36-17-6-1-7-18-36)46(52-34-40-25-14-5-15-26-40)45(51-33-39-23-12-4-13-24-39)44(50-32-38-21-10-3-11-22-38)43(53-47)35-49-31-37-19-8-2-9-20-37;;/h2-28,30,43-46,48H,29,31-35H2;1H3;/q2*-1;/t43-,44?,45+,46-,47?;;/m1../s1. The molecule has 1 aliphatic heterocycles. The van der Waals surface area contributed by atoms with Gasteiger partial charge < -0.3 is 36.2 Å². The van der Waals surface area contributed by atoms with Gasteiger partial charge >= 0.3 is 0 Å². The summed E-state index contributed by atoms with van der Waals surface area (Å²) in [6.45, 7) is 1.33. The Balaban J connectivity index is 0.00000290. The molecule has 1 radical (unpaired) electrons. The summed E-state index contributed by atoms with van der Waals surface area (Å²) in [5.74, 6) is -1.93. The molecule has 55 heavy (non-hydrogen) atoms. The molecule has 6 aromatic rings. The average Bonchev–Trinajstić information content (AvgIpc) is 3.21. The Bertz CT molecular complexity index is 1950. The van der Waals surface area contributed by atoms with Crippen LogP contribution in [0.4, 0.5) is 0 Å². The second-order valence-electron chi connectivity index (χ2n) is 13.4. The molecule has 281 valence electrons. The van der Waals surface area contributed by atoms with E-state index >= 15 is 0 Å². The Morgan fingerprint density at radius 2 is 1.00 bits per heavy atom. The largest absolute Gasteiger partial charge is 0.374 e. The van der Waals surface area contributed by atoms with Gasteiger partial charge in [0.1, 0.15) is 24.4 Å². The second kappa shape index (κ2) is 21.5. The maximum Gasteiger partial charge on any atom is 0.222 e. The van der Waals surface area contributed by atoms with E-state index in [1.807, 2.05) is 164 Å². The van der Waals surface area contributed by atoms with Crippen molar-refractivity contribution in [2.75, 3.05) is 6.61 Å². The fraction of sp³-hybridized carbons (Fsp3) is 0.229. The minimum Gasteiger partial charge on any atom is -0.374 e. The average molecular weight is 810 g/mol. The molecule has 1 N–H and O–H groups in total. The molecule has 0 aromatic heterocycles. The summed E-state index contributed by atoms with van der Waals surface area (Å²) in [5, 5.41) is 13.1. The first kappa shape index (κ1) is 42.3. The first-order valence-corrected chi connectivity index (χ1v) is 18.2. The van der Waals surface area contributed by atoms with Crippen LogP contribution < -0.4 is 0 Å². The molecule has 1 heterocycles. The molecule has 0 amide bonds. The van der Waals surface area contributed by atoms with Crippen molar-refractivity contribution in [3.63, 3.8) is 0 Å². The van der Waals surface area contributed by atoms with E-state index < -0.39 is 30.2 Å². The molecule has 6 aromatic carbocycles. The third-order valence-electron chi connectivity index (χ3n) is 9.48. The van der Waals surface area contributed by atoms with Gasteiger partial charge in [0.25, 0.3) is 0 Å². The summed E-state index contributed by atoms with van der Waals surface area (Å²) in [6, 6.07) is 58.9. The second-order valence-corrected chi connectivity index (χ2v) is 13.4. The Morgan fingerprint density at radius 3 is 1.55 bits per heavy atom. The van der Waals surface area contributed by atoms with Crippen LogP contribution in [-0.4, -0.2) is 36.1 Å². The molecule has 0 aliphatic carbocycles. The molecular formula is C48H48O6Y-2. The zero-order valence-electron chi connectivity index (χ0n) is 31.3. The van der Waals surface area contributed by atoms with Crippen LogP contribution in [0.1, 0.15) is 38.9 Å². The van der Waals surface area contributed by atoms with Gasteiger partial charge in [0.05, 0.1) is 33.0 Å². The Labute approximate surface area is 351 Å². The molecule has 0 spiro atoms. The topological polar surface area (TPSA) is 66.4 Å². The van der Waals surface area contributed by atoms with Crippen LogP contribution in [0.25, 0.3) is 0 Å². The Hall–Kier alpha value is -3.82. The molecule has 0 saturated carbocycles. The molecular weight excluding hydrogens is 761 g/mol. The summed E-state index contributed by atoms with van der Waals surface area (Å²) in [7, 11) is 0.